The molecule has 1 fully saturated rings. The molecule has 1 aromatic carbocycles. The third-order valence-corrected chi connectivity index (χ3v) is 5.16. The number of halogens is 3. The highest BCUT2D eigenvalue weighted by Crippen LogP contribution is 2.36. The van der Waals surface area contributed by atoms with Crippen LogP contribution < -0.4 is 26.4 Å². The second kappa shape index (κ2) is 8.30. The number of aromatic amines is 3. The third-order valence-electron chi connectivity index (χ3n) is 5.16. The first-order valence-electron chi connectivity index (χ1n) is 9.55. The molecule has 4 rings (SSSR count). The second-order valence-electron chi connectivity index (χ2n) is 7.36. The number of H-pyrrole nitrogens is 3. The van der Waals surface area contributed by atoms with Crippen LogP contribution in [0.5, 0.6) is 5.75 Å². The molecule has 1 saturated heterocycles. The Balaban J connectivity index is 1.56. The van der Waals surface area contributed by atoms with Gasteiger partial charge in [0.15, 0.2) is 11.6 Å². The van der Waals surface area contributed by atoms with E-state index in [2.05, 4.69) is 15.2 Å². The van der Waals surface area contributed by atoms with E-state index in [1.807, 2.05) is 4.98 Å². The first-order valence-corrected chi connectivity index (χ1v) is 9.55. The molecule has 1 aliphatic heterocycles. The summed E-state index contributed by atoms with van der Waals surface area (Å²) in [4.78, 5) is 40.9. The largest absolute Gasteiger partial charge is 0.490 e. The molecule has 0 unspecified atom stereocenters. The van der Waals surface area contributed by atoms with Gasteiger partial charge in [-0.05, 0) is 24.3 Å². The second-order valence-corrected chi connectivity index (χ2v) is 7.36. The summed E-state index contributed by atoms with van der Waals surface area (Å²) >= 11 is 0. The fourth-order valence-corrected chi connectivity index (χ4v) is 3.45. The van der Waals surface area contributed by atoms with Gasteiger partial charge in [0.25, 0.3) is 17.0 Å². The number of hydrogen-bond acceptors (Lipinski definition) is 7. The lowest BCUT2D eigenvalue weighted by molar-refractivity contribution is -0.0358. The van der Waals surface area contributed by atoms with Crippen LogP contribution in [0, 0.1) is 23.1 Å². The smallest absolute Gasteiger partial charge is 0.325 e. The van der Waals surface area contributed by atoms with Crippen LogP contribution in [0.2, 0.25) is 0 Å². The molecule has 3 N–H and O–H groups in total. The van der Waals surface area contributed by atoms with Gasteiger partial charge in [-0.1, -0.05) is 0 Å². The summed E-state index contributed by atoms with van der Waals surface area (Å²) in [7, 11) is 0. The maximum absolute atomic E-state index is 14.6. The molecule has 170 valence electrons. The minimum Gasteiger partial charge on any atom is -0.490 e. The van der Waals surface area contributed by atoms with Crippen molar-refractivity contribution in [3.05, 3.63) is 73.0 Å². The van der Waals surface area contributed by atoms with E-state index >= 15 is 0 Å². The molecule has 3 aromatic rings. The van der Waals surface area contributed by atoms with Gasteiger partial charge in [-0.2, -0.15) is 10.4 Å². The SMILES string of the molecule is N#Cc1ccc(OC[C@H]2CN(c3cc(-c4c[nH]c(=O)[nH]c4=O)n[nH]c3=O)CC2(F)F)c(F)c1. The molecule has 33 heavy (non-hydrogen) atoms. The number of nitrogens with zero attached hydrogens (tertiary/aromatic N) is 3. The molecule has 0 saturated carbocycles. The summed E-state index contributed by atoms with van der Waals surface area (Å²) in [6.07, 6.45) is 1.09. The van der Waals surface area contributed by atoms with Crippen molar-refractivity contribution >= 4 is 5.69 Å². The molecule has 3 heterocycles. The Labute approximate surface area is 182 Å². The molecule has 0 spiro atoms. The first-order chi connectivity index (χ1) is 15.7. The average Bonchev–Trinajstić information content (AvgIpc) is 3.07. The highest BCUT2D eigenvalue weighted by molar-refractivity contribution is 5.62. The zero-order valence-corrected chi connectivity index (χ0v) is 16.7. The number of anilines is 1. The van der Waals surface area contributed by atoms with Crippen LogP contribution in [0.1, 0.15) is 5.56 Å². The number of hydrogen-bond donors (Lipinski definition) is 3. The Morgan fingerprint density at radius 2 is 2.03 bits per heavy atom. The van der Waals surface area contributed by atoms with Crippen LogP contribution in [-0.4, -0.2) is 45.8 Å². The Kier molecular flexibility index (Phi) is 5.50. The maximum atomic E-state index is 14.6. The monoisotopic (exact) mass is 460 g/mol. The highest BCUT2D eigenvalue weighted by atomic mass is 19.3. The minimum atomic E-state index is -3.27. The van der Waals surface area contributed by atoms with Crippen molar-refractivity contribution in [1.82, 2.24) is 20.2 Å². The summed E-state index contributed by atoms with van der Waals surface area (Å²) in [6, 6.07) is 6.34. The van der Waals surface area contributed by atoms with E-state index in [0.717, 1.165) is 17.2 Å². The van der Waals surface area contributed by atoms with Gasteiger partial charge in [-0.3, -0.25) is 14.6 Å². The van der Waals surface area contributed by atoms with Crippen molar-refractivity contribution in [3.8, 4) is 23.1 Å². The van der Waals surface area contributed by atoms with Crippen LogP contribution in [0.3, 0.4) is 0 Å². The van der Waals surface area contributed by atoms with E-state index in [4.69, 9.17) is 10.00 Å². The molecule has 2 aromatic heterocycles. The number of alkyl halides is 2. The van der Waals surface area contributed by atoms with Gasteiger partial charge in [0.2, 0.25) is 0 Å². The standard InChI is InChI=1S/C20H15F3N6O4/c21-13-3-10(5-24)1-2-16(13)33-8-11-7-29(9-20(11,22)23)15-4-14(27-28-18(15)31)12-6-25-19(32)26-17(12)30/h1-4,6,11H,7-9H2,(H,28,31)(H2,25,26,30,32)/t11-/m1/s1. The van der Waals surface area contributed by atoms with Crippen molar-refractivity contribution in [2.75, 3.05) is 24.6 Å². The third kappa shape index (κ3) is 4.36. The van der Waals surface area contributed by atoms with Crippen molar-refractivity contribution in [2.45, 2.75) is 5.92 Å². The van der Waals surface area contributed by atoms with Gasteiger partial charge < -0.3 is 14.6 Å². The van der Waals surface area contributed by atoms with Crippen molar-refractivity contribution in [1.29, 1.82) is 5.26 Å². The summed E-state index contributed by atoms with van der Waals surface area (Å²) in [5, 5.41) is 14.7. The number of benzene rings is 1. The summed E-state index contributed by atoms with van der Waals surface area (Å²) in [6.45, 7) is -1.65. The molecule has 13 heteroatoms. The predicted molar refractivity (Wildman–Crippen MR) is 109 cm³/mol. The van der Waals surface area contributed by atoms with Gasteiger partial charge in [-0.25, -0.2) is 23.1 Å². The van der Waals surface area contributed by atoms with Gasteiger partial charge in [0.05, 0.1) is 42.0 Å². The summed E-state index contributed by atoms with van der Waals surface area (Å²) in [5.41, 5.74) is -2.47. The maximum Gasteiger partial charge on any atom is 0.325 e. The van der Waals surface area contributed by atoms with Crippen LogP contribution in [0.15, 0.2) is 44.8 Å². The van der Waals surface area contributed by atoms with Gasteiger partial charge in [0.1, 0.15) is 5.69 Å². The minimum absolute atomic E-state index is 0.0373. The predicted octanol–water partition coefficient (Wildman–Crippen LogP) is 0.975. The lowest BCUT2D eigenvalue weighted by atomic mass is 10.1. The van der Waals surface area contributed by atoms with E-state index in [9.17, 15) is 27.6 Å². The van der Waals surface area contributed by atoms with Gasteiger partial charge in [-0.15, -0.1) is 0 Å². The quantitative estimate of drug-likeness (QED) is 0.514. The normalized spacial score (nSPS) is 17.0. The molecule has 0 amide bonds. The van der Waals surface area contributed by atoms with Crippen LogP contribution in [0.25, 0.3) is 11.3 Å². The van der Waals surface area contributed by atoms with Crippen LogP contribution in [0.4, 0.5) is 18.9 Å². The molecule has 0 aliphatic carbocycles. The lowest BCUT2D eigenvalue weighted by Crippen LogP contribution is -2.32. The van der Waals surface area contributed by atoms with Gasteiger partial charge in [0, 0.05) is 12.7 Å². The zero-order valence-electron chi connectivity index (χ0n) is 16.7. The van der Waals surface area contributed by atoms with Crippen LogP contribution >= 0.6 is 0 Å². The number of nitriles is 1. The van der Waals surface area contributed by atoms with Crippen molar-refractivity contribution < 1.29 is 17.9 Å². The van der Waals surface area contributed by atoms with Crippen molar-refractivity contribution in [3.63, 3.8) is 0 Å². The lowest BCUT2D eigenvalue weighted by Gasteiger charge is -2.17. The van der Waals surface area contributed by atoms with E-state index in [0.29, 0.717) is 0 Å². The van der Waals surface area contributed by atoms with Crippen molar-refractivity contribution in [2.24, 2.45) is 5.92 Å². The highest BCUT2D eigenvalue weighted by Gasteiger charge is 2.49. The number of ether oxygens (including phenoxy) is 1. The number of nitrogens with one attached hydrogen (secondary N) is 3. The fraction of sp³-hybridized carbons (Fsp3) is 0.250. The van der Waals surface area contributed by atoms with E-state index in [1.165, 1.54) is 18.2 Å². The number of aromatic nitrogens is 4. The number of rotatable bonds is 5. The zero-order chi connectivity index (χ0) is 23.8. The molecule has 10 nitrogen and oxygen atoms in total. The first kappa shape index (κ1) is 21.9. The molecule has 1 aliphatic rings. The molecule has 1 atom stereocenters. The summed E-state index contributed by atoms with van der Waals surface area (Å²) < 4.78 is 48.5. The molecule has 0 bridgehead atoms. The summed E-state index contributed by atoms with van der Waals surface area (Å²) in [5.74, 6) is -5.77. The Morgan fingerprint density at radius 1 is 1.24 bits per heavy atom. The van der Waals surface area contributed by atoms with E-state index < -0.39 is 47.6 Å². The molecular weight excluding hydrogens is 445 g/mol. The van der Waals surface area contributed by atoms with Gasteiger partial charge >= 0.3 is 5.69 Å². The average molecular weight is 460 g/mol. The van der Waals surface area contributed by atoms with E-state index in [1.54, 1.807) is 6.07 Å². The Morgan fingerprint density at radius 3 is 2.73 bits per heavy atom. The Hall–Kier alpha value is -4.34. The molecule has 0 radical (unpaired) electrons. The van der Waals surface area contributed by atoms with E-state index in [-0.39, 0.29) is 34.8 Å². The Bertz CT molecular complexity index is 1420. The van der Waals surface area contributed by atoms with Crippen LogP contribution in [-0.2, 0) is 0 Å². The topological polar surface area (TPSA) is 148 Å². The fourth-order valence-electron chi connectivity index (χ4n) is 3.45. The molecular formula is C20H15F3N6O4.